The minimum atomic E-state index is -0.153. The van der Waals surface area contributed by atoms with Crippen LogP contribution in [0.5, 0.6) is 0 Å². The monoisotopic (exact) mass is 322 g/mol. The summed E-state index contributed by atoms with van der Waals surface area (Å²) < 4.78 is 0. The number of rotatable bonds is 4. The highest BCUT2D eigenvalue weighted by atomic mass is 35.5. The second-order valence-corrected chi connectivity index (χ2v) is 5.60. The summed E-state index contributed by atoms with van der Waals surface area (Å²) >= 11 is 5.90. The Balaban J connectivity index is 1.67. The Kier molecular flexibility index (Phi) is 4.69. The maximum absolute atomic E-state index is 12.1. The zero-order valence-corrected chi connectivity index (χ0v) is 13.1. The molecule has 0 radical (unpaired) electrons. The fraction of sp³-hybridized carbons (Fsp3) is 0.0526. The minimum absolute atomic E-state index is 0.153. The van der Waals surface area contributed by atoms with E-state index in [0.29, 0.717) is 5.02 Å². The fourth-order valence-electron chi connectivity index (χ4n) is 2.42. The zero-order valence-electron chi connectivity index (χ0n) is 12.4. The van der Waals surface area contributed by atoms with Crippen molar-refractivity contribution in [1.82, 2.24) is 5.43 Å². The van der Waals surface area contributed by atoms with Gasteiger partial charge in [-0.2, -0.15) is 5.10 Å². The number of amides is 1. The summed E-state index contributed by atoms with van der Waals surface area (Å²) in [5, 5.41) is 6.82. The first-order chi connectivity index (χ1) is 11.2. The van der Waals surface area contributed by atoms with Crippen molar-refractivity contribution in [3.8, 4) is 0 Å². The van der Waals surface area contributed by atoms with Crippen molar-refractivity contribution < 1.29 is 4.79 Å². The lowest BCUT2D eigenvalue weighted by Gasteiger charge is -2.05. The van der Waals surface area contributed by atoms with Crippen molar-refractivity contribution >= 4 is 34.5 Å². The number of hydrazone groups is 1. The molecule has 0 saturated heterocycles. The lowest BCUT2D eigenvalue weighted by Crippen LogP contribution is -2.19. The van der Waals surface area contributed by atoms with E-state index in [0.717, 1.165) is 21.9 Å². The molecule has 0 heterocycles. The second kappa shape index (κ2) is 7.07. The summed E-state index contributed by atoms with van der Waals surface area (Å²) in [6.07, 6.45) is 1.86. The number of carbonyl (C=O) groups excluding carboxylic acids is 1. The van der Waals surface area contributed by atoms with E-state index in [1.807, 2.05) is 54.6 Å². The third kappa shape index (κ3) is 3.96. The molecule has 1 amide bonds. The molecule has 0 fully saturated rings. The average Bonchev–Trinajstić information content (AvgIpc) is 2.55. The van der Waals surface area contributed by atoms with Crippen LogP contribution < -0.4 is 5.43 Å². The Labute approximate surface area is 139 Å². The van der Waals surface area contributed by atoms with Crippen LogP contribution in [-0.4, -0.2) is 12.1 Å². The van der Waals surface area contributed by atoms with Crippen molar-refractivity contribution in [1.29, 1.82) is 0 Å². The average molecular weight is 323 g/mol. The Morgan fingerprint density at radius 3 is 2.70 bits per heavy atom. The van der Waals surface area contributed by atoms with Gasteiger partial charge in [-0.25, -0.2) is 5.43 Å². The van der Waals surface area contributed by atoms with Crippen LogP contribution in [0.3, 0.4) is 0 Å². The molecule has 0 bridgehead atoms. The van der Waals surface area contributed by atoms with Crippen LogP contribution in [0.4, 0.5) is 0 Å². The van der Waals surface area contributed by atoms with Crippen molar-refractivity contribution in [2.45, 2.75) is 6.42 Å². The highest BCUT2D eigenvalue weighted by molar-refractivity contribution is 6.30. The molecule has 1 N–H and O–H groups in total. The van der Waals surface area contributed by atoms with E-state index in [2.05, 4.69) is 10.5 Å². The highest BCUT2D eigenvalue weighted by Gasteiger charge is 2.05. The predicted octanol–water partition coefficient (Wildman–Crippen LogP) is 4.19. The number of halogens is 1. The molecular formula is C19H15ClN2O. The standard InChI is InChI=1S/C19H15ClN2O/c20-17-9-3-5-14(11-17)13-21-22-19(23)12-16-8-4-7-15-6-1-2-10-18(15)16/h1-11,13H,12H2,(H,22,23)/b21-13-. The van der Waals surface area contributed by atoms with E-state index in [1.54, 1.807) is 18.3 Å². The normalized spacial score (nSPS) is 11.0. The maximum atomic E-state index is 12.1. The molecule has 114 valence electrons. The van der Waals surface area contributed by atoms with Gasteiger partial charge in [0, 0.05) is 5.02 Å². The topological polar surface area (TPSA) is 41.5 Å². The first-order valence-corrected chi connectivity index (χ1v) is 7.64. The van der Waals surface area contributed by atoms with Gasteiger partial charge >= 0.3 is 0 Å². The first-order valence-electron chi connectivity index (χ1n) is 7.26. The van der Waals surface area contributed by atoms with Crippen LogP contribution in [0.15, 0.2) is 71.8 Å². The fourth-order valence-corrected chi connectivity index (χ4v) is 2.62. The van der Waals surface area contributed by atoms with Gasteiger partial charge in [-0.1, -0.05) is 66.2 Å². The number of hydrogen-bond acceptors (Lipinski definition) is 2. The van der Waals surface area contributed by atoms with Gasteiger partial charge in [0.15, 0.2) is 0 Å². The molecule has 0 aromatic heterocycles. The van der Waals surface area contributed by atoms with E-state index >= 15 is 0 Å². The summed E-state index contributed by atoms with van der Waals surface area (Å²) in [5.41, 5.74) is 4.37. The van der Waals surface area contributed by atoms with Crippen molar-refractivity contribution in [2.75, 3.05) is 0 Å². The van der Waals surface area contributed by atoms with Gasteiger partial charge in [-0.05, 0) is 34.0 Å². The summed E-state index contributed by atoms with van der Waals surface area (Å²) in [6.45, 7) is 0. The van der Waals surface area contributed by atoms with Crippen molar-refractivity contribution in [3.63, 3.8) is 0 Å². The molecule has 0 aliphatic carbocycles. The molecule has 3 aromatic carbocycles. The number of hydrogen-bond donors (Lipinski definition) is 1. The number of nitrogens with one attached hydrogen (secondary N) is 1. The lowest BCUT2D eigenvalue weighted by molar-refractivity contribution is -0.120. The third-order valence-corrected chi connectivity index (χ3v) is 3.72. The van der Waals surface area contributed by atoms with Crippen LogP contribution in [0, 0.1) is 0 Å². The third-order valence-electron chi connectivity index (χ3n) is 3.48. The van der Waals surface area contributed by atoms with Gasteiger partial charge in [-0.15, -0.1) is 0 Å². The molecule has 0 spiro atoms. The van der Waals surface area contributed by atoms with E-state index in [4.69, 9.17) is 11.6 Å². The molecule has 23 heavy (non-hydrogen) atoms. The Hall–Kier alpha value is -2.65. The summed E-state index contributed by atoms with van der Waals surface area (Å²) in [6, 6.07) is 21.2. The van der Waals surface area contributed by atoms with Gasteiger partial charge in [0.05, 0.1) is 12.6 Å². The smallest absolute Gasteiger partial charge is 0.244 e. The molecule has 3 aromatic rings. The zero-order chi connectivity index (χ0) is 16.1. The quantitative estimate of drug-likeness (QED) is 0.568. The van der Waals surface area contributed by atoms with Crippen LogP contribution in [0.2, 0.25) is 5.02 Å². The molecule has 0 saturated carbocycles. The summed E-state index contributed by atoms with van der Waals surface area (Å²) in [4.78, 5) is 12.1. The molecule has 3 nitrogen and oxygen atoms in total. The van der Waals surface area contributed by atoms with Crippen molar-refractivity contribution in [2.24, 2.45) is 5.10 Å². The largest absolute Gasteiger partial charge is 0.273 e. The van der Waals surface area contributed by atoms with Gasteiger partial charge in [-0.3, -0.25) is 4.79 Å². The van der Waals surface area contributed by atoms with E-state index in [1.165, 1.54) is 0 Å². The van der Waals surface area contributed by atoms with Crippen LogP contribution in [0.1, 0.15) is 11.1 Å². The van der Waals surface area contributed by atoms with Gasteiger partial charge in [0.1, 0.15) is 0 Å². The molecule has 0 aliphatic heterocycles. The molecule has 3 rings (SSSR count). The minimum Gasteiger partial charge on any atom is -0.273 e. The number of benzene rings is 3. The van der Waals surface area contributed by atoms with Crippen LogP contribution >= 0.6 is 11.6 Å². The molecule has 4 heteroatoms. The Bertz CT molecular complexity index is 869. The number of fused-ring (bicyclic) bond motifs is 1. The summed E-state index contributed by atoms with van der Waals surface area (Å²) in [7, 11) is 0. The van der Waals surface area contributed by atoms with E-state index < -0.39 is 0 Å². The van der Waals surface area contributed by atoms with Crippen LogP contribution in [-0.2, 0) is 11.2 Å². The Morgan fingerprint density at radius 2 is 1.83 bits per heavy atom. The second-order valence-electron chi connectivity index (χ2n) is 5.16. The highest BCUT2D eigenvalue weighted by Crippen LogP contribution is 2.18. The van der Waals surface area contributed by atoms with E-state index in [9.17, 15) is 4.79 Å². The lowest BCUT2D eigenvalue weighted by atomic mass is 10.0. The SMILES string of the molecule is O=C(Cc1cccc2ccccc12)N/N=C\c1cccc(Cl)c1. The maximum Gasteiger partial charge on any atom is 0.244 e. The molecular weight excluding hydrogens is 308 g/mol. The van der Waals surface area contributed by atoms with Gasteiger partial charge in [0.25, 0.3) is 0 Å². The van der Waals surface area contributed by atoms with Gasteiger partial charge in [0.2, 0.25) is 5.91 Å². The molecule has 0 unspecified atom stereocenters. The van der Waals surface area contributed by atoms with Gasteiger partial charge < -0.3 is 0 Å². The molecule has 0 atom stereocenters. The predicted molar refractivity (Wildman–Crippen MR) is 94.8 cm³/mol. The van der Waals surface area contributed by atoms with E-state index in [-0.39, 0.29) is 12.3 Å². The summed E-state index contributed by atoms with van der Waals surface area (Å²) in [5.74, 6) is -0.153. The van der Waals surface area contributed by atoms with Crippen LogP contribution in [0.25, 0.3) is 10.8 Å². The number of carbonyl (C=O) groups is 1. The molecule has 0 aliphatic rings. The number of nitrogens with zero attached hydrogens (tertiary/aromatic N) is 1. The van der Waals surface area contributed by atoms with Crippen molar-refractivity contribution in [3.05, 3.63) is 82.9 Å². The Morgan fingerprint density at radius 1 is 1.04 bits per heavy atom. The first kappa shape index (κ1) is 15.3.